The van der Waals surface area contributed by atoms with Crippen LogP contribution in [0.3, 0.4) is 0 Å². The fraction of sp³-hybridized carbons (Fsp3) is 0.500. The van der Waals surface area contributed by atoms with Gasteiger partial charge in [-0.1, -0.05) is 13.8 Å². The van der Waals surface area contributed by atoms with Crippen molar-refractivity contribution in [2.24, 2.45) is 0 Å². The van der Waals surface area contributed by atoms with Gasteiger partial charge >= 0.3 is 0 Å². The Labute approximate surface area is 110 Å². The fourth-order valence-corrected chi connectivity index (χ4v) is 4.09. The summed E-state index contributed by atoms with van der Waals surface area (Å²) in [7, 11) is -3.64. The van der Waals surface area contributed by atoms with E-state index in [4.69, 9.17) is 11.6 Å². The Morgan fingerprint density at radius 3 is 2.53 bits per heavy atom. The van der Waals surface area contributed by atoms with E-state index >= 15 is 0 Å². The van der Waals surface area contributed by atoms with E-state index in [1.807, 2.05) is 6.92 Å². The maximum Gasteiger partial charge on any atom is 0.250 e. The molecule has 0 aliphatic heterocycles. The molecule has 17 heavy (non-hydrogen) atoms. The summed E-state index contributed by atoms with van der Waals surface area (Å²) < 4.78 is 26.4. The van der Waals surface area contributed by atoms with Crippen LogP contribution in [0.1, 0.15) is 25.1 Å². The molecule has 0 aliphatic rings. The number of carbonyl (C=O) groups excluding carboxylic acids is 1. The second kappa shape index (κ2) is 5.95. The first-order valence-electron chi connectivity index (χ1n) is 5.21. The standard InChI is InChI=1S/C10H14ClNO3S2/c1-3-7-5-6-9(16-7)17(14,15)12-8(4-2)10(11)13/h5-6,8,12H,3-4H2,1-2H3. The summed E-state index contributed by atoms with van der Waals surface area (Å²) in [6, 6.07) is 2.44. The maximum atomic E-state index is 11.9. The quantitative estimate of drug-likeness (QED) is 0.818. The minimum atomic E-state index is -3.64. The van der Waals surface area contributed by atoms with Gasteiger partial charge in [0, 0.05) is 4.88 Å². The fourth-order valence-electron chi connectivity index (χ4n) is 1.23. The predicted octanol–water partition coefficient (Wildman–Crippen LogP) is 2.13. The van der Waals surface area contributed by atoms with Gasteiger partial charge in [0.2, 0.25) is 5.24 Å². The smallest absolute Gasteiger partial charge is 0.250 e. The van der Waals surface area contributed by atoms with E-state index in [9.17, 15) is 13.2 Å². The summed E-state index contributed by atoms with van der Waals surface area (Å²) in [6.07, 6.45) is 1.11. The highest BCUT2D eigenvalue weighted by Gasteiger charge is 2.24. The molecule has 0 amide bonds. The molecule has 1 rings (SSSR count). The van der Waals surface area contributed by atoms with Crippen molar-refractivity contribution in [3.8, 4) is 0 Å². The van der Waals surface area contributed by atoms with E-state index < -0.39 is 21.3 Å². The van der Waals surface area contributed by atoms with Crippen LogP contribution in [0.5, 0.6) is 0 Å². The topological polar surface area (TPSA) is 63.2 Å². The van der Waals surface area contributed by atoms with Crippen LogP contribution in [0, 0.1) is 0 Å². The Bertz CT molecular complexity index is 495. The minimum Gasteiger partial charge on any atom is -0.279 e. The van der Waals surface area contributed by atoms with Crippen LogP contribution < -0.4 is 4.72 Å². The van der Waals surface area contributed by atoms with Crippen molar-refractivity contribution >= 4 is 38.2 Å². The van der Waals surface area contributed by atoms with Crippen LogP contribution in [0.25, 0.3) is 0 Å². The molecule has 7 heteroatoms. The number of aryl methyl sites for hydroxylation is 1. The lowest BCUT2D eigenvalue weighted by atomic mass is 10.3. The maximum absolute atomic E-state index is 11.9. The van der Waals surface area contributed by atoms with E-state index in [-0.39, 0.29) is 4.21 Å². The van der Waals surface area contributed by atoms with Gasteiger partial charge < -0.3 is 0 Å². The van der Waals surface area contributed by atoms with E-state index in [1.54, 1.807) is 13.0 Å². The van der Waals surface area contributed by atoms with E-state index in [0.29, 0.717) is 6.42 Å². The van der Waals surface area contributed by atoms with Crippen LogP contribution >= 0.6 is 22.9 Å². The average molecular weight is 296 g/mol. The third-order valence-corrected chi connectivity index (χ3v) is 5.69. The summed E-state index contributed by atoms with van der Waals surface area (Å²) in [5.74, 6) is 0. The molecule has 1 unspecified atom stereocenters. The normalized spacial score (nSPS) is 13.6. The number of sulfonamides is 1. The lowest BCUT2D eigenvalue weighted by Crippen LogP contribution is -2.37. The van der Waals surface area contributed by atoms with Gasteiger partial charge in [0.05, 0.1) is 6.04 Å². The van der Waals surface area contributed by atoms with Gasteiger partial charge in [-0.2, -0.15) is 4.72 Å². The molecule has 0 aliphatic carbocycles. The molecule has 1 atom stereocenters. The molecule has 0 fully saturated rings. The number of carbonyl (C=O) groups is 1. The highest BCUT2D eigenvalue weighted by Crippen LogP contribution is 2.22. The van der Waals surface area contributed by atoms with Crippen LogP contribution in [-0.2, 0) is 21.2 Å². The number of hydrogen-bond acceptors (Lipinski definition) is 4. The Kier molecular flexibility index (Phi) is 5.12. The Balaban J connectivity index is 2.91. The summed E-state index contributed by atoms with van der Waals surface area (Å²) in [4.78, 5) is 12.0. The molecule has 4 nitrogen and oxygen atoms in total. The summed E-state index contributed by atoms with van der Waals surface area (Å²) in [6.45, 7) is 3.64. The van der Waals surface area contributed by atoms with Crippen molar-refractivity contribution in [2.75, 3.05) is 0 Å². The lowest BCUT2D eigenvalue weighted by Gasteiger charge is -2.11. The van der Waals surface area contributed by atoms with Crippen molar-refractivity contribution < 1.29 is 13.2 Å². The summed E-state index contributed by atoms with van der Waals surface area (Å²) in [5.41, 5.74) is 0. The molecule has 96 valence electrons. The molecule has 0 bridgehead atoms. The molecule has 1 N–H and O–H groups in total. The first kappa shape index (κ1) is 14.6. The molecule has 1 aromatic heterocycles. The Morgan fingerprint density at radius 2 is 2.12 bits per heavy atom. The molecule has 0 radical (unpaired) electrons. The van der Waals surface area contributed by atoms with Crippen molar-refractivity contribution in [3.05, 3.63) is 17.0 Å². The Hall–Kier alpha value is -0.430. The van der Waals surface area contributed by atoms with Gasteiger partial charge in [-0.05, 0) is 36.6 Å². The monoisotopic (exact) mass is 295 g/mol. The SMILES string of the molecule is CCc1ccc(S(=O)(=O)NC(CC)C(=O)Cl)s1. The first-order chi connectivity index (χ1) is 7.90. The van der Waals surface area contributed by atoms with E-state index in [1.165, 1.54) is 17.4 Å². The molecule has 1 heterocycles. The minimum absolute atomic E-state index is 0.214. The number of thiophene rings is 1. The molecule has 1 aromatic rings. The van der Waals surface area contributed by atoms with Gasteiger partial charge in [0.15, 0.2) is 0 Å². The molecule has 0 saturated heterocycles. The van der Waals surface area contributed by atoms with Crippen LogP contribution in [0.15, 0.2) is 16.3 Å². The van der Waals surface area contributed by atoms with Crippen molar-refractivity contribution in [3.63, 3.8) is 0 Å². The number of rotatable bonds is 6. The molecule has 0 saturated carbocycles. The zero-order valence-corrected chi connectivity index (χ0v) is 12.0. The van der Waals surface area contributed by atoms with Crippen LogP contribution in [0.2, 0.25) is 0 Å². The number of nitrogens with one attached hydrogen (secondary N) is 1. The third kappa shape index (κ3) is 3.77. The zero-order chi connectivity index (χ0) is 13.1. The van der Waals surface area contributed by atoms with Gasteiger partial charge in [-0.15, -0.1) is 11.3 Å². The molecular formula is C10H14ClNO3S2. The highest BCUT2D eigenvalue weighted by molar-refractivity contribution is 7.91. The van der Waals surface area contributed by atoms with Crippen LogP contribution in [0.4, 0.5) is 0 Å². The third-order valence-electron chi connectivity index (χ3n) is 2.23. The first-order valence-corrected chi connectivity index (χ1v) is 7.88. The summed E-state index contributed by atoms with van der Waals surface area (Å²) >= 11 is 6.51. The number of hydrogen-bond donors (Lipinski definition) is 1. The number of halogens is 1. The van der Waals surface area contributed by atoms with Gasteiger partial charge in [-0.3, -0.25) is 4.79 Å². The van der Waals surface area contributed by atoms with Crippen molar-refractivity contribution in [1.82, 2.24) is 4.72 Å². The zero-order valence-electron chi connectivity index (χ0n) is 9.57. The molecular weight excluding hydrogens is 282 g/mol. The van der Waals surface area contributed by atoms with Gasteiger partial charge in [0.1, 0.15) is 4.21 Å². The van der Waals surface area contributed by atoms with E-state index in [0.717, 1.165) is 11.3 Å². The largest absolute Gasteiger partial charge is 0.279 e. The lowest BCUT2D eigenvalue weighted by molar-refractivity contribution is -0.113. The predicted molar refractivity (Wildman–Crippen MR) is 69.0 cm³/mol. The second-order valence-corrected chi connectivity index (χ2v) is 6.94. The van der Waals surface area contributed by atoms with E-state index in [2.05, 4.69) is 4.72 Å². The molecule has 0 spiro atoms. The van der Waals surface area contributed by atoms with Gasteiger partial charge in [-0.25, -0.2) is 8.42 Å². The highest BCUT2D eigenvalue weighted by atomic mass is 35.5. The second-order valence-electron chi connectivity index (χ2n) is 3.46. The Morgan fingerprint density at radius 1 is 1.47 bits per heavy atom. The van der Waals surface area contributed by atoms with Crippen molar-refractivity contribution in [1.29, 1.82) is 0 Å². The summed E-state index contributed by atoms with van der Waals surface area (Å²) in [5, 5.41) is -0.691. The molecule has 0 aromatic carbocycles. The van der Waals surface area contributed by atoms with Crippen molar-refractivity contribution in [2.45, 2.75) is 36.9 Å². The van der Waals surface area contributed by atoms with Crippen LogP contribution in [-0.4, -0.2) is 19.7 Å². The van der Waals surface area contributed by atoms with Gasteiger partial charge in [0.25, 0.3) is 10.0 Å². The average Bonchev–Trinajstić information content (AvgIpc) is 2.74.